The lowest BCUT2D eigenvalue weighted by atomic mass is 9.95. The molecular weight excluding hydrogens is 416 g/mol. The summed E-state index contributed by atoms with van der Waals surface area (Å²) in [5.74, 6) is -2.06. The average molecular weight is 445 g/mol. The van der Waals surface area contributed by atoms with Gasteiger partial charge in [0.05, 0.1) is 10.9 Å². The van der Waals surface area contributed by atoms with E-state index in [-0.39, 0.29) is 11.3 Å². The van der Waals surface area contributed by atoms with Crippen LogP contribution in [0.2, 0.25) is 0 Å². The molecule has 0 saturated carbocycles. The zero-order valence-electron chi connectivity index (χ0n) is 17.7. The molecule has 2 aromatic rings. The first kappa shape index (κ1) is 23.0. The molecule has 31 heavy (non-hydrogen) atoms. The SMILES string of the molecule is CCCC[C@@H](C(=O)O)N(C(=O)[C@@H]1Cc2ccccc2CN1)S(=O)(=O)c1ccc(C)cc1. The Balaban J connectivity index is 2.02. The number of nitrogens with one attached hydrogen (secondary N) is 1. The molecule has 2 aromatic carbocycles. The van der Waals surface area contributed by atoms with Crippen LogP contribution in [0.25, 0.3) is 0 Å². The van der Waals surface area contributed by atoms with Gasteiger partial charge in [0.15, 0.2) is 0 Å². The molecule has 0 unspecified atom stereocenters. The first-order valence-electron chi connectivity index (χ1n) is 10.4. The Hall–Kier alpha value is -2.71. The smallest absolute Gasteiger partial charge is 0.327 e. The second-order valence-corrected chi connectivity index (χ2v) is 9.67. The molecule has 2 N–H and O–H groups in total. The summed E-state index contributed by atoms with van der Waals surface area (Å²) in [7, 11) is -4.36. The number of carbonyl (C=O) groups excluding carboxylic acids is 1. The number of aliphatic carboxylic acids is 1. The van der Waals surface area contributed by atoms with E-state index in [1.807, 2.05) is 38.1 Å². The number of carboxylic acids is 1. The number of carbonyl (C=O) groups is 2. The molecule has 2 atom stereocenters. The van der Waals surface area contributed by atoms with Crippen LogP contribution in [0.3, 0.4) is 0 Å². The van der Waals surface area contributed by atoms with Crippen molar-refractivity contribution in [2.24, 2.45) is 0 Å². The number of carboxylic acid groups (broad SMARTS) is 1. The lowest BCUT2D eigenvalue weighted by molar-refractivity contribution is -0.147. The van der Waals surface area contributed by atoms with E-state index < -0.39 is 34.0 Å². The number of rotatable bonds is 8. The molecule has 1 aliphatic heterocycles. The number of unbranched alkanes of at least 4 members (excludes halogenated alkanes) is 1. The monoisotopic (exact) mass is 444 g/mol. The number of fused-ring (bicyclic) bond motifs is 1. The van der Waals surface area contributed by atoms with Crippen LogP contribution >= 0.6 is 0 Å². The summed E-state index contributed by atoms with van der Waals surface area (Å²) < 4.78 is 27.6. The van der Waals surface area contributed by atoms with E-state index >= 15 is 0 Å². The molecule has 0 spiro atoms. The molecule has 0 saturated heterocycles. The highest BCUT2D eigenvalue weighted by Gasteiger charge is 2.42. The minimum Gasteiger partial charge on any atom is -0.480 e. The molecule has 7 nitrogen and oxygen atoms in total. The quantitative estimate of drug-likeness (QED) is 0.649. The summed E-state index contributed by atoms with van der Waals surface area (Å²) in [6, 6.07) is 11.4. The first-order valence-corrected chi connectivity index (χ1v) is 11.9. The van der Waals surface area contributed by atoms with Gasteiger partial charge in [0.25, 0.3) is 15.9 Å². The third-order valence-corrected chi connectivity index (χ3v) is 7.39. The maximum absolute atomic E-state index is 13.5. The Morgan fingerprint density at radius 2 is 1.77 bits per heavy atom. The lowest BCUT2D eigenvalue weighted by Crippen LogP contribution is -2.56. The highest BCUT2D eigenvalue weighted by atomic mass is 32.2. The number of amides is 1. The first-order chi connectivity index (χ1) is 14.8. The van der Waals surface area contributed by atoms with Crippen molar-refractivity contribution in [3.05, 3.63) is 65.2 Å². The van der Waals surface area contributed by atoms with Crippen LogP contribution in [0.1, 0.15) is 42.9 Å². The molecule has 0 bridgehead atoms. The van der Waals surface area contributed by atoms with Crippen molar-refractivity contribution in [2.45, 2.75) is 63.1 Å². The van der Waals surface area contributed by atoms with E-state index in [4.69, 9.17) is 0 Å². The van der Waals surface area contributed by atoms with Crippen molar-refractivity contribution < 1.29 is 23.1 Å². The molecule has 1 aliphatic rings. The van der Waals surface area contributed by atoms with E-state index in [2.05, 4.69) is 5.32 Å². The van der Waals surface area contributed by atoms with E-state index in [0.717, 1.165) is 16.7 Å². The maximum atomic E-state index is 13.5. The van der Waals surface area contributed by atoms with E-state index in [1.165, 1.54) is 12.1 Å². The summed E-state index contributed by atoms with van der Waals surface area (Å²) in [5, 5.41) is 12.9. The molecule has 0 fully saturated rings. The molecule has 1 heterocycles. The van der Waals surface area contributed by atoms with E-state index in [1.54, 1.807) is 12.1 Å². The summed E-state index contributed by atoms with van der Waals surface area (Å²) in [4.78, 5) is 25.5. The van der Waals surface area contributed by atoms with E-state index in [9.17, 15) is 23.1 Å². The Kier molecular flexibility index (Phi) is 7.12. The van der Waals surface area contributed by atoms with Crippen LogP contribution in [0, 0.1) is 6.92 Å². The van der Waals surface area contributed by atoms with Crippen molar-refractivity contribution in [1.82, 2.24) is 9.62 Å². The summed E-state index contributed by atoms with van der Waals surface area (Å²) >= 11 is 0. The fourth-order valence-corrected chi connectivity index (χ4v) is 5.39. The maximum Gasteiger partial charge on any atom is 0.327 e. The molecular formula is C23H28N2O5S. The number of nitrogens with zero attached hydrogens (tertiary/aromatic N) is 1. The van der Waals surface area contributed by atoms with Gasteiger partial charge in [0, 0.05) is 6.54 Å². The van der Waals surface area contributed by atoms with Crippen LogP contribution in [0.15, 0.2) is 53.4 Å². The topological polar surface area (TPSA) is 104 Å². The van der Waals surface area contributed by atoms with Crippen LogP contribution < -0.4 is 5.32 Å². The van der Waals surface area contributed by atoms with Gasteiger partial charge in [-0.1, -0.05) is 61.7 Å². The normalized spacial score (nSPS) is 16.9. The Bertz CT molecular complexity index is 1050. The standard InChI is InChI=1S/C23H28N2O5S/c1-3-4-9-21(23(27)28)25(31(29,30)19-12-10-16(2)11-13-19)22(26)20-14-17-7-5-6-8-18(17)15-24-20/h5-8,10-13,20-21,24H,3-4,9,14-15H2,1-2H3,(H,27,28)/t20-,21-/m0/s1. The van der Waals surface area contributed by atoms with Gasteiger partial charge in [0.1, 0.15) is 6.04 Å². The molecule has 166 valence electrons. The minimum atomic E-state index is -4.36. The van der Waals surface area contributed by atoms with Gasteiger partial charge in [-0.05, 0) is 43.0 Å². The predicted octanol–water partition coefficient (Wildman–Crippen LogP) is 2.87. The summed E-state index contributed by atoms with van der Waals surface area (Å²) in [5.41, 5.74) is 2.86. The number of sulfonamides is 1. The van der Waals surface area contributed by atoms with Crippen LogP contribution in [-0.4, -0.2) is 41.8 Å². The number of hydrogen-bond acceptors (Lipinski definition) is 5. The van der Waals surface area contributed by atoms with Gasteiger partial charge in [-0.15, -0.1) is 0 Å². The molecule has 0 radical (unpaired) electrons. The largest absolute Gasteiger partial charge is 0.480 e. The van der Waals surface area contributed by atoms with Gasteiger partial charge in [-0.25, -0.2) is 17.5 Å². The van der Waals surface area contributed by atoms with Gasteiger partial charge in [-0.2, -0.15) is 0 Å². The van der Waals surface area contributed by atoms with Crippen molar-refractivity contribution >= 4 is 21.9 Å². The number of aryl methyl sites for hydroxylation is 1. The van der Waals surface area contributed by atoms with Gasteiger partial charge in [0.2, 0.25) is 0 Å². The zero-order valence-corrected chi connectivity index (χ0v) is 18.6. The Morgan fingerprint density at radius 1 is 1.13 bits per heavy atom. The summed E-state index contributed by atoms with van der Waals surface area (Å²) in [6.45, 7) is 4.13. The Labute approximate surface area is 183 Å². The molecule has 0 aliphatic carbocycles. The minimum absolute atomic E-state index is 0.0615. The third-order valence-electron chi connectivity index (χ3n) is 5.57. The molecule has 1 amide bonds. The lowest BCUT2D eigenvalue weighted by Gasteiger charge is -2.33. The highest BCUT2D eigenvalue weighted by molar-refractivity contribution is 7.89. The van der Waals surface area contributed by atoms with Crippen LogP contribution in [-0.2, 0) is 32.6 Å². The van der Waals surface area contributed by atoms with Gasteiger partial charge >= 0.3 is 5.97 Å². The molecule has 0 aromatic heterocycles. The van der Waals surface area contributed by atoms with Crippen molar-refractivity contribution in [1.29, 1.82) is 0 Å². The second-order valence-electron chi connectivity index (χ2n) is 7.85. The second kappa shape index (κ2) is 9.62. The average Bonchev–Trinajstić information content (AvgIpc) is 2.75. The fourth-order valence-electron chi connectivity index (χ4n) is 3.78. The number of hydrogen-bond donors (Lipinski definition) is 2. The van der Waals surface area contributed by atoms with E-state index in [0.29, 0.717) is 30.1 Å². The van der Waals surface area contributed by atoms with Gasteiger partial charge in [-0.3, -0.25) is 4.79 Å². The fraction of sp³-hybridized carbons (Fsp3) is 0.391. The van der Waals surface area contributed by atoms with Crippen molar-refractivity contribution in [3.63, 3.8) is 0 Å². The summed E-state index contributed by atoms with van der Waals surface area (Å²) in [6.07, 6.45) is 1.54. The van der Waals surface area contributed by atoms with Crippen molar-refractivity contribution in [2.75, 3.05) is 0 Å². The van der Waals surface area contributed by atoms with Crippen molar-refractivity contribution in [3.8, 4) is 0 Å². The number of benzene rings is 2. The zero-order chi connectivity index (χ0) is 22.6. The highest BCUT2D eigenvalue weighted by Crippen LogP contribution is 2.25. The molecule has 8 heteroatoms. The molecule has 3 rings (SSSR count). The Morgan fingerprint density at radius 3 is 2.39 bits per heavy atom. The van der Waals surface area contributed by atoms with Gasteiger partial charge < -0.3 is 10.4 Å². The predicted molar refractivity (Wildman–Crippen MR) is 117 cm³/mol. The third kappa shape index (κ3) is 4.97. The van der Waals surface area contributed by atoms with Crippen LogP contribution in [0.4, 0.5) is 0 Å². The van der Waals surface area contributed by atoms with Crippen LogP contribution in [0.5, 0.6) is 0 Å².